The molecule has 0 aromatic rings. The maximum atomic E-state index is 10.5. The summed E-state index contributed by atoms with van der Waals surface area (Å²) in [5.74, 6) is 0. The van der Waals surface area contributed by atoms with Gasteiger partial charge in [0, 0.05) is 0 Å². The highest BCUT2D eigenvalue weighted by Gasteiger charge is 2.11. The number of hydrogen-bond donors (Lipinski definition) is 2. The Hall–Kier alpha value is -0.500. The van der Waals surface area contributed by atoms with E-state index in [1.807, 2.05) is 0 Å². The SMILES string of the molecule is COC(=O)N(CCO)SO.O. The van der Waals surface area contributed by atoms with E-state index in [0.29, 0.717) is 0 Å². The largest absolute Gasteiger partial charge is 0.452 e. The highest BCUT2D eigenvalue weighted by molar-refractivity contribution is 7.91. The number of methoxy groups -OCH3 is 1. The van der Waals surface area contributed by atoms with Crippen LogP contribution in [0.25, 0.3) is 0 Å². The van der Waals surface area contributed by atoms with Crippen molar-refractivity contribution in [3.8, 4) is 0 Å². The van der Waals surface area contributed by atoms with Gasteiger partial charge < -0.3 is 19.9 Å². The van der Waals surface area contributed by atoms with E-state index in [9.17, 15) is 4.79 Å². The van der Waals surface area contributed by atoms with Crippen LogP contribution in [0.1, 0.15) is 0 Å². The van der Waals surface area contributed by atoms with Crippen LogP contribution in [0.5, 0.6) is 0 Å². The van der Waals surface area contributed by atoms with E-state index in [2.05, 4.69) is 4.74 Å². The summed E-state index contributed by atoms with van der Waals surface area (Å²) in [6, 6.07) is 0. The summed E-state index contributed by atoms with van der Waals surface area (Å²) in [6.45, 7) is -0.156. The molecule has 4 N–H and O–H groups in total. The summed E-state index contributed by atoms with van der Waals surface area (Å²) in [5, 5.41) is 8.34. The van der Waals surface area contributed by atoms with Gasteiger partial charge in [0.05, 0.1) is 20.3 Å². The molecule has 1 amide bonds. The van der Waals surface area contributed by atoms with Gasteiger partial charge in [-0.05, 0) is 0 Å². The standard InChI is InChI=1S/C4H9NO4S.H2O/c1-9-4(7)5(10-8)2-3-6;/h6,8H,2-3H2,1H3;1H2. The van der Waals surface area contributed by atoms with Gasteiger partial charge in [0.15, 0.2) is 0 Å². The Kier molecular flexibility index (Phi) is 9.07. The average molecular weight is 185 g/mol. The van der Waals surface area contributed by atoms with E-state index < -0.39 is 6.09 Å². The molecule has 0 saturated carbocycles. The quantitative estimate of drug-likeness (QED) is 0.449. The zero-order valence-corrected chi connectivity index (χ0v) is 6.80. The molecule has 0 spiro atoms. The molecule has 0 atom stereocenters. The Morgan fingerprint density at radius 1 is 1.73 bits per heavy atom. The lowest BCUT2D eigenvalue weighted by molar-refractivity contribution is 0.143. The van der Waals surface area contributed by atoms with Crippen LogP contribution in [-0.2, 0) is 4.74 Å². The maximum absolute atomic E-state index is 10.5. The highest BCUT2D eigenvalue weighted by Crippen LogP contribution is 2.04. The second-order valence-corrected chi connectivity index (χ2v) is 1.98. The van der Waals surface area contributed by atoms with Gasteiger partial charge in [-0.2, -0.15) is 0 Å². The van der Waals surface area contributed by atoms with Crippen molar-refractivity contribution in [1.29, 1.82) is 0 Å². The molecule has 0 aliphatic rings. The molecule has 0 aliphatic carbocycles. The molecule has 0 radical (unpaired) electrons. The lowest BCUT2D eigenvalue weighted by Crippen LogP contribution is -2.26. The molecule has 0 aliphatic heterocycles. The fourth-order valence-corrected chi connectivity index (χ4v) is 0.663. The molecule has 6 nitrogen and oxygen atoms in total. The molecule has 0 rings (SSSR count). The summed E-state index contributed by atoms with van der Waals surface area (Å²) in [5.41, 5.74) is 0. The van der Waals surface area contributed by atoms with Gasteiger partial charge in [-0.3, -0.25) is 0 Å². The van der Waals surface area contributed by atoms with Gasteiger partial charge >= 0.3 is 6.09 Å². The molecule has 0 aromatic heterocycles. The molecule has 0 saturated heterocycles. The van der Waals surface area contributed by atoms with Crippen LogP contribution in [0.4, 0.5) is 4.79 Å². The minimum atomic E-state index is -0.679. The summed E-state index contributed by atoms with van der Waals surface area (Å²) in [4.78, 5) is 10.5. The van der Waals surface area contributed by atoms with Crippen LogP contribution in [0.15, 0.2) is 0 Å². The Balaban J connectivity index is 0. The van der Waals surface area contributed by atoms with Gasteiger partial charge in [0.25, 0.3) is 0 Å². The third-order valence-electron chi connectivity index (χ3n) is 0.780. The van der Waals surface area contributed by atoms with Crippen LogP contribution in [0.2, 0.25) is 0 Å². The topological polar surface area (TPSA) is 102 Å². The number of amides is 1. The molecule has 11 heavy (non-hydrogen) atoms. The van der Waals surface area contributed by atoms with Gasteiger partial charge in [0.1, 0.15) is 12.2 Å². The lowest BCUT2D eigenvalue weighted by atomic mass is 10.7. The molecule has 0 aromatic carbocycles. The molecule has 0 bridgehead atoms. The first-order valence-electron chi connectivity index (χ1n) is 2.54. The van der Waals surface area contributed by atoms with Gasteiger partial charge in [-0.15, -0.1) is 0 Å². The smallest absolute Gasteiger partial charge is 0.421 e. The normalized spacial score (nSPS) is 8.27. The van der Waals surface area contributed by atoms with Gasteiger partial charge in [-0.25, -0.2) is 9.10 Å². The maximum Gasteiger partial charge on any atom is 0.421 e. The molecule has 68 valence electrons. The van der Waals surface area contributed by atoms with Crippen molar-refractivity contribution in [3.05, 3.63) is 0 Å². The number of carbonyl (C=O) groups excluding carboxylic acids is 1. The summed E-state index contributed by atoms with van der Waals surface area (Å²) < 4.78 is 13.5. The minimum Gasteiger partial charge on any atom is -0.452 e. The van der Waals surface area contributed by atoms with Crippen molar-refractivity contribution in [2.45, 2.75) is 0 Å². The molecule has 0 heterocycles. The van der Waals surface area contributed by atoms with Crippen molar-refractivity contribution in [3.63, 3.8) is 0 Å². The Labute approximate surface area is 68.4 Å². The fourth-order valence-electron chi connectivity index (χ4n) is 0.358. The number of aliphatic hydroxyl groups excluding tert-OH is 1. The number of hydrogen-bond acceptors (Lipinski definition) is 5. The summed E-state index contributed by atoms with van der Waals surface area (Å²) >= 11 is 0.226. The fraction of sp³-hybridized carbons (Fsp3) is 0.750. The first-order chi connectivity index (χ1) is 4.76. The monoisotopic (exact) mass is 185 g/mol. The van der Waals surface area contributed by atoms with E-state index in [1.54, 1.807) is 0 Å². The van der Waals surface area contributed by atoms with Gasteiger partial charge in [0.2, 0.25) is 0 Å². The van der Waals surface area contributed by atoms with Crippen molar-refractivity contribution >= 4 is 18.3 Å². The first kappa shape index (κ1) is 13.1. The second-order valence-electron chi connectivity index (χ2n) is 1.38. The lowest BCUT2D eigenvalue weighted by Gasteiger charge is -2.13. The highest BCUT2D eigenvalue weighted by atomic mass is 32.2. The summed E-state index contributed by atoms with van der Waals surface area (Å²) in [6.07, 6.45) is -0.679. The van der Waals surface area contributed by atoms with Crippen LogP contribution in [0.3, 0.4) is 0 Å². The van der Waals surface area contributed by atoms with Crippen molar-refractivity contribution in [1.82, 2.24) is 4.31 Å². The number of carbonyl (C=O) groups is 1. The third kappa shape index (κ3) is 4.85. The predicted octanol–water partition coefficient (Wildman–Crippen LogP) is -0.656. The summed E-state index contributed by atoms with van der Waals surface area (Å²) in [7, 11) is 1.20. The number of ether oxygens (including phenoxy) is 1. The zero-order chi connectivity index (χ0) is 7.98. The minimum absolute atomic E-state index is 0. The van der Waals surface area contributed by atoms with Gasteiger partial charge in [-0.1, -0.05) is 0 Å². The molecule has 0 unspecified atom stereocenters. The van der Waals surface area contributed by atoms with Crippen molar-refractivity contribution in [2.75, 3.05) is 20.3 Å². The predicted molar refractivity (Wildman–Crippen MR) is 40.0 cm³/mol. The first-order valence-corrected chi connectivity index (χ1v) is 3.27. The number of nitrogens with zero attached hydrogens (tertiary/aromatic N) is 1. The van der Waals surface area contributed by atoms with Crippen molar-refractivity contribution in [2.24, 2.45) is 0 Å². The van der Waals surface area contributed by atoms with Crippen LogP contribution in [0, 0.1) is 0 Å². The average Bonchev–Trinajstić information content (AvgIpc) is 1.99. The Morgan fingerprint density at radius 3 is 2.55 bits per heavy atom. The molecular formula is C4H11NO5S. The van der Waals surface area contributed by atoms with E-state index in [4.69, 9.17) is 9.66 Å². The zero-order valence-electron chi connectivity index (χ0n) is 5.98. The van der Waals surface area contributed by atoms with E-state index in [0.717, 1.165) is 4.31 Å². The third-order valence-corrected chi connectivity index (χ3v) is 1.31. The number of rotatable bonds is 3. The van der Waals surface area contributed by atoms with Crippen LogP contribution >= 0.6 is 12.2 Å². The van der Waals surface area contributed by atoms with E-state index in [1.165, 1.54) is 7.11 Å². The van der Waals surface area contributed by atoms with Crippen LogP contribution in [-0.4, -0.2) is 45.8 Å². The van der Waals surface area contributed by atoms with Crippen molar-refractivity contribution < 1.29 is 24.7 Å². The second kappa shape index (κ2) is 7.61. The molecule has 0 fully saturated rings. The Morgan fingerprint density at radius 2 is 2.27 bits per heavy atom. The van der Waals surface area contributed by atoms with Crippen LogP contribution < -0.4 is 0 Å². The molecule has 7 heteroatoms. The van der Waals surface area contributed by atoms with E-state index in [-0.39, 0.29) is 30.9 Å². The number of aliphatic hydroxyl groups is 1. The van der Waals surface area contributed by atoms with E-state index >= 15 is 0 Å². The Bertz CT molecular complexity index is 111. The molecular weight excluding hydrogens is 174 g/mol.